The normalized spacial score (nSPS) is 46.0. The maximum absolute atomic E-state index is 11.3. The molecule has 0 aromatic carbocycles. The van der Waals surface area contributed by atoms with Crippen LogP contribution in [0.3, 0.4) is 0 Å². The Hall–Kier alpha value is 0.400. The summed E-state index contributed by atoms with van der Waals surface area (Å²) in [6.45, 7) is 12.6. The highest BCUT2D eigenvalue weighted by molar-refractivity contribution is 8.21. The fourth-order valence-corrected chi connectivity index (χ4v) is 12.6. The largest absolute Gasteiger partial charge is 0.390 e. The lowest BCUT2D eigenvalue weighted by Crippen LogP contribution is -2.54. The first-order valence-corrected chi connectivity index (χ1v) is 15.8. The Morgan fingerprint density at radius 1 is 1.00 bits per heavy atom. The zero-order valence-electron chi connectivity index (χ0n) is 21.4. The molecule has 0 aromatic heterocycles. The zero-order chi connectivity index (χ0) is 22.7. The van der Waals surface area contributed by atoms with Crippen LogP contribution in [0.2, 0.25) is 0 Å². The number of thioether (sulfide) groups is 2. The summed E-state index contributed by atoms with van der Waals surface area (Å²) in [5, 5.41) is 11.3. The molecule has 0 radical (unpaired) electrons. The summed E-state index contributed by atoms with van der Waals surface area (Å²) in [5.41, 5.74) is 2.55. The Labute approximate surface area is 206 Å². The Kier molecular flexibility index (Phi) is 6.64. The van der Waals surface area contributed by atoms with Crippen LogP contribution in [0.15, 0.2) is 11.6 Å². The molecule has 8 atom stereocenters. The molecule has 0 bridgehead atoms. The Balaban J connectivity index is 1.34. The molecule has 32 heavy (non-hydrogen) atoms. The van der Waals surface area contributed by atoms with Gasteiger partial charge in [-0.25, -0.2) is 0 Å². The Morgan fingerprint density at radius 2 is 1.75 bits per heavy atom. The van der Waals surface area contributed by atoms with Crippen molar-refractivity contribution in [2.45, 2.75) is 109 Å². The van der Waals surface area contributed by atoms with Crippen molar-refractivity contribution in [3.8, 4) is 0 Å². The highest BCUT2D eigenvalue weighted by atomic mass is 32.2. The van der Waals surface area contributed by atoms with E-state index in [2.05, 4.69) is 40.7 Å². The molecule has 8 unspecified atom stereocenters. The van der Waals surface area contributed by atoms with Crippen LogP contribution in [-0.2, 0) is 0 Å². The van der Waals surface area contributed by atoms with Gasteiger partial charge in [-0.3, -0.25) is 0 Å². The van der Waals surface area contributed by atoms with Gasteiger partial charge >= 0.3 is 0 Å². The SMILES string of the molecule is CC(C)CCCC(C)C1CCC2C3CCC4=CC5(SCCS5)C(O)CC4(C)C3CCC12C. The number of hydrogen-bond acceptors (Lipinski definition) is 3. The lowest BCUT2D eigenvalue weighted by molar-refractivity contribution is -0.0701. The second-order valence-electron chi connectivity index (χ2n) is 13.2. The van der Waals surface area contributed by atoms with Crippen LogP contribution >= 0.6 is 23.5 Å². The van der Waals surface area contributed by atoms with E-state index >= 15 is 0 Å². The summed E-state index contributed by atoms with van der Waals surface area (Å²) in [6.07, 6.45) is 16.2. The summed E-state index contributed by atoms with van der Waals surface area (Å²) < 4.78 is -0.0191. The third-order valence-electron chi connectivity index (χ3n) is 11.1. The van der Waals surface area contributed by atoms with Crippen molar-refractivity contribution in [2.75, 3.05) is 11.5 Å². The van der Waals surface area contributed by atoms with Crippen molar-refractivity contribution in [1.29, 1.82) is 0 Å². The minimum Gasteiger partial charge on any atom is -0.390 e. The predicted octanol–water partition coefficient (Wildman–Crippen LogP) is 8.17. The van der Waals surface area contributed by atoms with Crippen molar-refractivity contribution >= 4 is 23.5 Å². The first-order chi connectivity index (χ1) is 15.2. The van der Waals surface area contributed by atoms with Crippen molar-refractivity contribution in [1.82, 2.24) is 0 Å². The zero-order valence-corrected chi connectivity index (χ0v) is 23.0. The number of aliphatic hydroxyl groups is 1. The fourth-order valence-electron chi connectivity index (χ4n) is 9.47. The summed E-state index contributed by atoms with van der Waals surface area (Å²) >= 11 is 4.04. The molecule has 0 amide bonds. The molecule has 4 aliphatic carbocycles. The van der Waals surface area contributed by atoms with Gasteiger partial charge in [0.05, 0.1) is 6.10 Å². The van der Waals surface area contributed by atoms with Crippen molar-refractivity contribution in [2.24, 2.45) is 46.3 Å². The van der Waals surface area contributed by atoms with E-state index in [0.29, 0.717) is 5.41 Å². The van der Waals surface area contributed by atoms with Crippen LogP contribution in [0, 0.1) is 46.3 Å². The average Bonchev–Trinajstić information content (AvgIpc) is 3.34. The first kappa shape index (κ1) is 24.1. The maximum atomic E-state index is 11.3. The molecule has 4 fully saturated rings. The molecule has 5 rings (SSSR count). The van der Waals surface area contributed by atoms with Gasteiger partial charge in [0.25, 0.3) is 0 Å². The summed E-state index contributed by atoms with van der Waals surface area (Å²) in [5.74, 6) is 7.71. The van der Waals surface area contributed by atoms with E-state index in [0.717, 1.165) is 41.9 Å². The minimum atomic E-state index is -0.168. The van der Waals surface area contributed by atoms with Gasteiger partial charge in [0.1, 0.15) is 4.08 Å². The predicted molar refractivity (Wildman–Crippen MR) is 142 cm³/mol. The van der Waals surface area contributed by atoms with E-state index in [-0.39, 0.29) is 15.6 Å². The molecule has 1 heterocycles. The molecule has 1 spiro atoms. The maximum Gasteiger partial charge on any atom is 0.105 e. The van der Waals surface area contributed by atoms with Crippen LogP contribution < -0.4 is 0 Å². The molecule has 1 saturated heterocycles. The third kappa shape index (κ3) is 3.78. The van der Waals surface area contributed by atoms with E-state index in [4.69, 9.17) is 0 Å². The lowest BCUT2D eigenvalue weighted by Gasteiger charge is -2.60. The molecule has 1 nitrogen and oxygen atoms in total. The van der Waals surface area contributed by atoms with Crippen molar-refractivity contribution in [3.63, 3.8) is 0 Å². The van der Waals surface area contributed by atoms with Gasteiger partial charge in [-0.1, -0.05) is 65.5 Å². The van der Waals surface area contributed by atoms with Gasteiger partial charge in [0.2, 0.25) is 0 Å². The second kappa shape index (κ2) is 8.81. The molecule has 5 aliphatic rings. The first-order valence-electron chi connectivity index (χ1n) is 13.9. The monoisotopic (exact) mass is 476 g/mol. The van der Waals surface area contributed by atoms with E-state index in [1.165, 1.54) is 69.3 Å². The molecular formula is C29H48OS2. The Bertz CT molecular complexity index is 725. The summed E-state index contributed by atoms with van der Waals surface area (Å²) in [6, 6.07) is 0. The lowest BCUT2D eigenvalue weighted by atomic mass is 9.46. The number of rotatable bonds is 5. The van der Waals surface area contributed by atoms with Crippen LogP contribution in [-0.4, -0.2) is 26.8 Å². The average molecular weight is 477 g/mol. The van der Waals surface area contributed by atoms with Gasteiger partial charge < -0.3 is 5.11 Å². The van der Waals surface area contributed by atoms with Crippen molar-refractivity contribution < 1.29 is 5.11 Å². The molecule has 0 aromatic rings. The van der Waals surface area contributed by atoms with Crippen LogP contribution in [0.1, 0.15) is 98.8 Å². The number of fused-ring (bicyclic) bond motifs is 5. The van der Waals surface area contributed by atoms with E-state index < -0.39 is 0 Å². The molecule has 182 valence electrons. The molecule has 1 aliphatic heterocycles. The minimum absolute atomic E-state index is 0.0191. The highest BCUT2D eigenvalue weighted by Gasteiger charge is 2.61. The highest BCUT2D eigenvalue weighted by Crippen LogP contribution is 2.69. The smallest absolute Gasteiger partial charge is 0.105 e. The standard InChI is InChI=1S/C29H48OS2/c1-19(2)7-6-8-20(3)23-11-12-24-22-10-9-21-17-29(31-15-16-32-29)26(30)18-28(21,5)25(22)13-14-27(23,24)4/h17,19-20,22-26,30H,6-16,18H2,1-5H3. The van der Waals surface area contributed by atoms with Gasteiger partial charge in [0, 0.05) is 11.5 Å². The molecular weight excluding hydrogens is 428 g/mol. The third-order valence-corrected chi connectivity index (χ3v) is 14.6. The molecule has 3 saturated carbocycles. The topological polar surface area (TPSA) is 20.2 Å². The van der Waals surface area contributed by atoms with Gasteiger partial charge in [0.15, 0.2) is 0 Å². The number of allylic oxidation sites excluding steroid dienone is 1. The number of aliphatic hydroxyl groups excluding tert-OH is 1. The van der Waals surface area contributed by atoms with E-state index in [9.17, 15) is 5.11 Å². The van der Waals surface area contributed by atoms with Crippen LogP contribution in [0.4, 0.5) is 0 Å². The van der Waals surface area contributed by atoms with Gasteiger partial charge in [-0.15, -0.1) is 23.5 Å². The number of hydrogen-bond donors (Lipinski definition) is 1. The summed E-state index contributed by atoms with van der Waals surface area (Å²) in [7, 11) is 0. The van der Waals surface area contributed by atoms with Gasteiger partial charge in [-0.2, -0.15) is 0 Å². The molecule has 3 heteroatoms. The van der Waals surface area contributed by atoms with Crippen LogP contribution in [0.5, 0.6) is 0 Å². The summed E-state index contributed by atoms with van der Waals surface area (Å²) in [4.78, 5) is 0. The Morgan fingerprint density at radius 3 is 2.47 bits per heavy atom. The quantitative estimate of drug-likeness (QED) is 0.404. The fraction of sp³-hybridized carbons (Fsp3) is 0.931. The van der Waals surface area contributed by atoms with E-state index in [1.54, 1.807) is 5.57 Å². The van der Waals surface area contributed by atoms with Crippen molar-refractivity contribution in [3.05, 3.63) is 11.6 Å². The van der Waals surface area contributed by atoms with E-state index in [1.807, 2.05) is 23.5 Å². The molecule has 1 N–H and O–H groups in total. The second-order valence-corrected chi connectivity index (χ2v) is 16.2. The van der Waals surface area contributed by atoms with Crippen LogP contribution in [0.25, 0.3) is 0 Å². The van der Waals surface area contributed by atoms with Gasteiger partial charge in [-0.05, 0) is 91.3 Å².